The maximum atomic E-state index is 4.77. The third-order valence-electron chi connectivity index (χ3n) is 4.11. The van der Waals surface area contributed by atoms with Crippen LogP contribution in [0.5, 0.6) is 0 Å². The summed E-state index contributed by atoms with van der Waals surface area (Å²) in [4.78, 5) is 4.77. The predicted molar refractivity (Wildman–Crippen MR) is 93.3 cm³/mol. The van der Waals surface area contributed by atoms with E-state index in [0.29, 0.717) is 0 Å². The zero-order valence-corrected chi connectivity index (χ0v) is 12.4. The van der Waals surface area contributed by atoms with Gasteiger partial charge in [0.05, 0.1) is 5.69 Å². The number of rotatable bonds is 3. The van der Waals surface area contributed by atoms with Crippen LogP contribution in [0, 0.1) is 0 Å². The smallest absolute Gasteiger partial charge is 0.0675 e. The van der Waals surface area contributed by atoms with Crippen molar-refractivity contribution in [2.75, 3.05) is 6.54 Å². The highest BCUT2D eigenvalue weighted by Gasteiger charge is 2.15. The second kappa shape index (κ2) is 5.64. The Hall–Kier alpha value is -2.61. The summed E-state index contributed by atoms with van der Waals surface area (Å²) in [6.45, 7) is 1.04. The van der Waals surface area contributed by atoms with Crippen LogP contribution in [0.3, 0.4) is 0 Å². The number of benzene rings is 2. The normalized spacial score (nSPS) is 16.4. The van der Waals surface area contributed by atoms with Crippen LogP contribution in [0.25, 0.3) is 11.8 Å². The van der Waals surface area contributed by atoms with E-state index in [2.05, 4.69) is 66.0 Å². The SMILES string of the molecule is C1=C(c2ccc3c(c2)N=C(/C=C/c2ccccc2)C3)NCC1. The fourth-order valence-corrected chi connectivity index (χ4v) is 2.94. The molecule has 0 amide bonds. The molecular weight excluding hydrogens is 268 g/mol. The maximum absolute atomic E-state index is 4.77. The lowest BCUT2D eigenvalue weighted by molar-refractivity contribution is 0.928. The van der Waals surface area contributed by atoms with Gasteiger partial charge >= 0.3 is 0 Å². The van der Waals surface area contributed by atoms with Crippen LogP contribution in [0.4, 0.5) is 5.69 Å². The Labute approximate surface area is 130 Å². The fraction of sp³-hybridized carbons (Fsp3) is 0.150. The van der Waals surface area contributed by atoms with Gasteiger partial charge in [-0.25, -0.2) is 0 Å². The number of aliphatic imine (C=N–C) groups is 1. The summed E-state index contributed by atoms with van der Waals surface area (Å²) >= 11 is 0. The molecule has 2 aromatic rings. The summed E-state index contributed by atoms with van der Waals surface area (Å²) in [5, 5.41) is 3.42. The van der Waals surface area contributed by atoms with E-state index in [1.807, 2.05) is 6.07 Å². The van der Waals surface area contributed by atoms with Crippen molar-refractivity contribution < 1.29 is 0 Å². The van der Waals surface area contributed by atoms with Gasteiger partial charge in [-0.05, 0) is 35.3 Å². The van der Waals surface area contributed by atoms with Crippen molar-refractivity contribution in [2.45, 2.75) is 12.8 Å². The van der Waals surface area contributed by atoms with Crippen LogP contribution in [0.15, 0.2) is 65.7 Å². The maximum Gasteiger partial charge on any atom is 0.0675 e. The van der Waals surface area contributed by atoms with Gasteiger partial charge in [0.1, 0.15) is 0 Å². The van der Waals surface area contributed by atoms with Gasteiger partial charge in [-0.2, -0.15) is 0 Å². The van der Waals surface area contributed by atoms with Crippen molar-refractivity contribution in [1.82, 2.24) is 5.32 Å². The second-order valence-electron chi connectivity index (χ2n) is 5.70. The van der Waals surface area contributed by atoms with Crippen molar-refractivity contribution >= 4 is 23.2 Å². The Kier molecular flexibility index (Phi) is 3.36. The van der Waals surface area contributed by atoms with Crippen LogP contribution in [0.2, 0.25) is 0 Å². The van der Waals surface area contributed by atoms with E-state index in [1.165, 1.54) is 22.4 Å². The second-order valence-corrected chi connectivity index (χ2v) is 5.70. The molecule has 0 saturated heterocycles. The first-order valence-corrected chi connectivity index (χ1v) is 7.76. The van der Waals surface area contributed by atoms with Crippen molar-refractivity contribution in [3.05, 3.63) is 77.4 Å². The molecule has 0 aliphatic carbocycles. The molecular formula is C20H18N2. The molecule has 0 saturated carbocycles. The van der Waals surface area contributed by atoms with E-state index < -0.39 is 0 Å². The average molecular weight is 286 g/mol. The van der Waals surface area contributed by atoms with Crippen molar-refractivity contribution in [2.24, 2.45) is 4.99 Å². The molecule has 2 aliphatic rings. The molecule has 2 aromatic carbocycles. The molecule has 0 radical (unpaired) electrons. The number of allylic oxidation sites excluding steroid dienone is 1. The van der Waals surface area contributed by atoms with Gasteiger partial charge in [0.15, 0.2) is 0 Å². The number of fused-ring (bicyclic) bond motifs is 1. The van der Waals surface area contributed by atoms with Gasteiger partial charge in [-0.3, -0.25) is 4.99 Å². The van der Waals surface area contributed by atoms with Crippen LogP contribution < -0.4 is 5.32 Å². The minimum Gasteiger partial charge on any atom is -0.385 e. The summed E-state index contributed by atoms with van der Waals surface area (Å²) in [5.41, 5.74) is 7.25. The Balaban J connectivity index is 1.56. The van der Waals surface area contributed by atoms with Crippen LogP contribution in [-0.2, 0) is 6.42 Å². The van der Waals surface area contributed by atoms with Gasteiger partial charge in [0.25, 0.3) is 0 Å². The average Bonchev–Trinajstić information content (AvgIpc) is 3.22. The quantitative estimate of drug-likeness (QED) is 0.890. The van der Waals surface area contributed by atoms with Crippen molar-refractivity contribution in [3.63, 3.8) is 0 Å². The zero-order valence-electron chi connectivity index (χ0n) is 12.4. The Morgan fingerprint density at radius 3 is 2.73 bits per heavy atom. The van der Waals surface area contributed by atoms with Crippen LogP contribution >= 0.6 is 0 Å². The first-order valence-electron chi connectivity index (χ1n) is 7.76. The van der Waals surface area contributed by atoms with E-state index in [4.69, 9.17) is 4.99 Å². The number of hydrogen-bond acceptors (Lipinski definition) is 2. The highest BCUT2D eigenvalue weighted by Crippen LogP contribution is 2.30. The molecule has 0 aromatic heterocycles. The summed E-state index contributed by atoms with van der Waals surface area (Å²) in [6.07, 6.45) is 8.55. The van der Waals surface area contributed by atoms with E-state index in [1.54, 1.807) is 0 Å². The first kappa shape index (κ1) is 13.1. The van der Waals surface area contributed by atoms with E-state index in [9.17, 15) is 0 Å². The molecule has 0 fully saturated rings. The standard InChI is InChI=1S/C20H18N2/c1-2-5-15(6-3-1)8-11-18-13-16-9-10-17(14-20(16)22-18)19-7-4-12-21-19/h1-3,5-11,14,21H,4,12-13H2/b11-8+. The third kappa shape index (κ3) is 2.60. The van der Waals surface area contributed by atoms with Crippen molar-refractivity contribution in [1.29, 1.82) is 0 Å². The summed E-state index contributed by atoms with van der Waals surface area (Å²) in [6, 6.07) is 17.0. The summed E-state index contributed by atoms with van der Waals surface area (Å²) in [7, 11) is 0. The topological polar surface area (TPSA) is 24.4 Å². The largest absolute Gasteiger partial charge is 0.385 e. The van der Waals surface area contributed by atoms with Gasteiger partial charge < -0.3 is 5.32 Å². The fourth-order valence-electron chi connectivity index (χ4n) is 2.94. The summed E-state index contributed by atoms with van der Waals surface area (Å²) in [5.74, 6) is 0. The van der Waals surface area contributed by atoms with Gasteiger partial charge in [-0.1, -0.05) is 54.6 Å². The molecule has 1 N–H and O–H groups in total. The van der Waals surface area contributed by atoms with E-state index in [-0.39, 0.29) is 0 Å². The lowest BCUT2D eigenvalue weighted by Gasteiger charge is -2.05. The number of hydrogen-bond donors (Lipinski definition) is 1. The van der Waals surface area contributed by atoms with Crippen LogP contribution in [0.1, 0.15) is 23.1 Å². The molecule has 2 heteroatoms. The third-order valence-corrected chi connectivity index (χ3v) is 4.11. The van der Waals surface area contributed by atoms with E-state index in [0.717, 1.165) is 30.8 Å². The molecule has 2 heterocycles. The summed E-state index contributed by atoms with van der Waals surface area (Å²) < 4.78 is 0. The lowest BCUT2D eigenvalue weighted by atomic mass is 10.0. The molecule has 0 spiro atoms. The monoisotopic (exact) mass is 286 g/mol. The molecule has 4 rings (SSSR count). The van der Waals surface area contributed by atoms with E-state index >= 15 is 0 Å². The molecule has 2 nitrogen and oxygen atoms in total. The molecule has 0 bridgehead atoms. The van der Waals surface area contributed by atoms with Gasteiger partial charge in [0, 0.05) is 24.4 Å². The lowest BCUT2D eigenvalue weighted by Crippen LogP contribution is -2.05. The van der Waals surface area contributed by atoms with Gasteiger partial charge in [0.2, 0.25) is 0 Å². The Morgan fingerprint density at radius 1 is 1.00 bits per heavy atom. The molecule has 0 atom stereocenters. The minimum absolute atomic E-state index is 0.922. The predicted octanol–water partition coefficient (Wildman–Crippen LogP) is 4.36. The number of nitrogens with zero attached hydrogens (tertiary/aromatic N) is 1. The van der Waals surface area contributed by atoms with Gasteiger partial charge in [-0.15, -0.1) is 0 Å². The Morgan fingerprint density at radius 2 is 1.91 bits per heavy atom. The zero-order chi connectivity index (χ0) is 14.8. The minimum atomic E-state index is 0.922. The highest BCUT2D eigenvalue weighted by atomic mass is 14.9. The highest BCUT2D eigenvalue weighted by molar-refractivity contribution is 6.04. The molecule has 2 aliphatic heterocycles. The molecule has 0 unspecified atom stereocenters. The first-order chi connectivity index (χ1) is 10.9. The molecule has 22 heavy (non-hydrogen) atoms. The molecule has 108 valence electrons. The van der Waals surface area contributed by atoms with Crippen LogP contribution in [-0.4, -0.2) is 12.3 Å². The number of nitrogens with one attached hydrogen (secondary N) is 1. The Bertz CT molecular complexity index is 783. The van der Waals surface area contributed by atoms with Crippen molar-refractivity contribution in [3.8, 4) is 0 Å².